The normalized spacial score (nSPS) is 14.9. The monoisotopic (exact) mass is 208 g/mol. The Morgan fingerprint density at radius 3 is 2.93 bits per heavy atom. The third kappa shape index (κ3) is 1.70. The van der Waals surface area contributed by atoms with E-state index in [1.807, 2.05) is 6.92 Å². The van der Waals surface area contributed by atoms with E-state index in [0.29, 0.717) is 19.5 Å². The highest BCUT2D eigenvalue weighted by atomic mass is 16.4. The van der Waals surface area contributed by atoms with E-state index in [2.05, 4.69) is 9.97 Å². The lowest BCUT2D eigenvalue weighted by atomic mass is 10.0. The first kappa shape index (κ1) is 9.70. The van der Waals surface area contributed by atoms with E-state index >= 15 is 0 Å². The van der Waals surface area contributed by atoms with Gasteiger partial charge in [0.1, 0.15) is 0 Å². The number of carbonyl (C=O) groups is 1. The predicted molar refractivity (Wildman–Crippen MR) is 53.3 cm³/mol. The van der Waals surface area contributed by atoms with Crippen molar-refractivity contribution in [2.45, 2.75) is 19.9 Å². The minimum atomic E-state index is -0.906. The number of aromatic nitrogens is 2. The van der Waals surface area contributed by atoms with E-state index in [-0.39, 0.29) is 5.95 Å². The minimum Gasteiger partial charge on any atom is -0.465 e. The molecule has 0 saturated carbocycles. The van der Waals surface area contributed by atoms with Crippen molar-refractivity contribution in [2.75, 3.05) is 12.3 Å². The van der Waals surface area contributed by atoms with Crippen LogP contribution < -0.4 is 5.73 Å². The third-order valence-corrected chi connectivity index (χ3v) is 2.55. The molecular weight excluding hydrogens is 196 g/mol. The summed E-state index contributed by atoms with van der Waals surface area (Å²) < 4.78 is 0. The Bertz CT molecular complexity index is 419. The van der Waals surface area contributed by atoms with Crippen molar-refractivity contribution in [1.29, 1.82) is 0 Å². The molecule has 1 aliphatic heterocycles. The maximum absolute atomic E-state index is 10.8. The molecule has 0 saturated heterocycles. The topological polar surface area (TPSA) is 92.3 Å². The zero-order valence-corrected chi connectivity index (χ0v) is 8.40. The Labute approximate surface area is 86.7 Å². The van der Waals surface area contributed by atoms with Gasteiger partial charge in [-0.05, 0) is 6.92 Å². The molecule has 6 heteroatoms. The Hall–Kier alpha value is -1.85. The van der Waals surface area contributed by atoms with Gasteiger partial charge in [0, 0.05) is 24.2 Å². The van der Waals surface area contributed by atoms with Crippen LogP contribution >= 0.6 is 0 Å². The average Bonchev–Trinajstić information content (AvgIpc) is 2.16. The maximum atomic E-state index is 10.8. The average molecular weight is 208 g/mol. The first-order valence-electron chi connectivity index (χ1n) is 4.67. The second-order valence-electron chi connectivity index (χ2n) is 3.55. The van der Waals surface area contributed by atoms with Gasteiger partial charge in [0.2, 0.25) is 5.95 Å². The highest BCUT2D eigenvalue weighted by Crippen LogP contribution is 2.20. The lowest BCUT2D eigenvalue weighted by Crippen LogP contribution is -2.36. The second kappa shape index (κ2) is 3.38. The van der Waals surface area contributed by atoms with Gasteiger partial charge in [-0.1, -0.05) is 0 Å². The number of carboxylic acid groups (broad SMARTS) is 1. The van der Waals surface area contributed by atoms with Gasteiger partial charge in [-0.2, -0.15) is 0 Å². The molecule has 1 amide bonds. The summed E-state index contributed by atoms with van der Waals surface area (Å²) in [6, 6.07) is 0. The fraction of sp³-hybridized carbons (Fsp3) is 0.444. The first-order chi connectivity index (χ1) is 7.08. The van der Waals surface area contributed by atoms with Crippen LogP contribution in [0, 0.1) is 6.92 Å². The molecule has 2 rings (SSSR count). The Morgan fingerprint density at radius 2 is 2.27 bits per heavy atom. The van der Waals surface area contributed by atoms with Crippen molar-refractivity contribution in [3.8, 4) is 0 Å². The summed E-state index contributed by atoms with van der Waals surface area (Å²) in [5, 5.41) is 8.87. The van der Waals surface area contributed by atoms with Crippen molar-refractivity contribution >= 4 is 12.0 Å². The number of hydrogen-bond donors (Lipinski definition) is 2. The lowest BCUT2D eigenvalue weighted by molar-refractivity contribution is 0.139. The van der Waals surface area contributed by atoms with Crippen LogP contribution in [-0.2, 0) is 13.0 Å². The molecule has 6 nitrogen and oxygen atoms in total. The molecule has 0 atom stereocenters. The Balaban J connectivity index is 2.37. The Kier molecular flexibility index (Phi) is 2.18. The van der Waals surface area contributed by atoms with Crippen LogP contribution in [0.3, 0.4) is 0 Å². The van der Waals surface area contributed by atoms with Gasteiger partial charge in [0.05, 0.1) is 12.2 Å². The fourth-order valence-corrected chi connectivity index (χ4v) is 1.77. The number of fused-ring (bicyclic) bond motifs is 1. The molecule has 0 aliphatic carbocycles. The van der Waals surface area contributed by atoms with E-state index in [1.165, 1.54) is 4.90 Å². The number of aryl methyl sites for hydroxylation is 1. The number of amides is 1. The van der Waals surface area contributed by atoms with Gasteiger partial charge >= 0.3 is 6.09 Å². The van der Waals surface area contributed by atoms with Crippen LogP contribution in [0.2, 0.25) is 0 Å². The van der Waals surface area contributed by atoms with Crippen LogP contribution in [0.5, 0.6) is 0 Å². The van der Waals surface area contributed by atoms with Crippen molar-refractivity contribution in [3.63, 3.8) is 0 Å². The van der Waals surface area contributed by atoms with Gasteiger partial charge in [-0.15, -0.1) is 0 Å². The fourth-order valence-electron chi connectivity index (χ4n) is 1.77. The van der Waals surface area contributed by atoms with Gasteiger partial charge in [0.25, 0.3) is 0 Å². The number of anilines is 1. The molecule has 1 aromatic rings. The summed E-state index contributed by atoms with van der Waals surface area (Å²) in [4.78, 5) is 20.3. The minimum absolute atomic E-state index is 0.259. The molecule has 0 bridgehead atoms. The van der Waals surface area contributed by atoms with Crippen molar-refractivity contribution in [1.82, 2.24) is 14.9 Å². The molecule has 2 heterocycles. The van der Waals surface area contributed by atoms with Crippen molar-refractivity contribution < 1.29 is 9.90 Å². The van der Waals surface area contributed by atoms with E-state index in [9.17, 15) is 4.79 Å². The third-order valence-electron chi connectivity index (χ3n) is 2.55. The molecule has 80 valence electrons. The molecule has 15 heavy (non-hydrogen) atoms. The molecule has 0 fully saturated rings. The predicted octanol–water partition coefficient (Wildman–Crippen LogP) is 0.403. The molecule has 3 N–H and O–H groups in total. The molecule has 0 radical (unpaired) electrons. The van der Waals surface area contributed by atoms with Gasteiger partial charge in [0.15, 0.2) is 0 Å². The highest BCUT2D eigenvalue weighted by Gasteiger charge is 2.23. The largest absolute Gasteiger partial charge is 0.465 e. The molecule has 0 spiro atoms. The smallest absolute Gasteiger partial charge is 0.407 e. The Morgan fingerprint density at radius 1 is 1.53 bits per heavy atom. The quantitative estimate of drug-likeness (QED) is 0.644. The van der Waals surface area contributed by atoms with Crippen molar-refractivity contribution in [3.05, 3.63) is 17.0 Å². The summed E-state index contributed by atoms with van der Waals surface area (Å²) in [6.45, 7) is 2.65. The second-order valence-corrected chi connectivity index (χ2v) is 3.55. The van der Waals surface area contributed by atoms with Crippen LogP contribution in [-0.4, -0.2) is 32.6 Å². The number of nitrogen functional groups attached to an aromatic ring is 1. The van der Waals surface area contributed by atoms with E-state index in [0.717, 1.165) is 17.0 Å². The summed E-state index contributed by atoms with van der Waals surface area (Å²) in [6.07, 6.45) is -0.299. The van der Waals surface area contributed by atoms with Crippen LogP contribution in [0.1, 0.15) is 17.0 Å². The first-order valence-corrected chi connectivity index (χ1v) is 4.67. The van der Waals surface area contributed by atoms with Crippen LogP contribution in [0.15, 0.2) is 0 Å². The number of nitrogens with two attached hydrogens (primary N) is 1. The van der Waals surface area contributed by atoms with Crippen LogP contribution in [0.4, 0.5) is 10.7 Å². The zero-order chi connectivity index (χ0) is 11.0. The maximum Gasteiger partial charge on any atom is 0.407 e. The summed E-state index contributed by atoms with van der Waals surface area (Å²) in [5.41, 5.74) is 8.05. The van der Waals surface area contributed by atoms with Crippen LogP contribution in [0.25, 0.3) is 0 Å². The molecule has 0 aromatic carbocycles. The number of nitrogens with zero attached hydrogens (tertiary/aromatic N) is 3. The van der Waals surface area contributed by atoms with Gasteiger partial charge < -0.3 is 15.7 Å². The summed E-state index contributed by atoms with van der Waals surface area (Å²) >= 11 is 0. The van der Waals surface area contributed by atoms with Crippen molar-refractivity contribution in [2.24, 2.45) is 0 Å². The molecule has 1 aromatic heterocycles. The number of rotatable bonds is 0. The zero-order valence-electron chi connectivity index (χ0n) is 8.40. The highest BCUT2D eigenvalue weighted by molar-refractivity contribution is 5.65. The SMILES string of the molecule is Cc1nc(N)nc2c1CN(C(=O)O)CC2. The number of hydrogen-bond acceptors (Lipinski definition) is 4. The van der Waals surface area contributed by atoms with E-state index in [4.69, 9.17) is 10.8 Å². The van der Waals surface area contributed by atoms with Gasteiger partial charge in [-0.25, -0.2) is 14.8 Å². The summed E-state index contributed by atoms with van der Waals surface area (Å²) in [7, 11) is 0. The van der Waals surface area contributed by atoms with E-state index in [1.54, 1.807) is 0 Å². The molecular formula is C9H12N4O2. The lowest BCUT2D eigenvalue weighted by Gasteiger charge is -2.26. The standard InChI is InChI=1S/C9H12N4O2/c1-5-6-4-13(9(14)15)3-2-7(6)12-8(10)11-5/h2-4H2,1H3,(H,14,15)(H2,10,11,12). The van der Waals surface area contributed by atoms with Gasteiger partial charge in [-0.3, -0.25) is 0 Å². The van der Waals surface area contributed by atoms with E-state index < -0.39 is 6.09 Å². The summed E-state index contributed by atoms with van der Waals surface area (Å²) in [5.74, 6) is 0.259. The molecule has 0 unspecified atom stereocenters. The molecule has 1 aliphatic rings.